The van der Waals surface area contributed by atoms with Crippen LogP contribution in [0.4, 0.5) is 0 Å². The van der Waals surface area contributed by atoms with Gasteiger partial charge in [0.05, 0.1) is 11.9 Å². The largest absolute Gasteiger partial charge is 0.506 e. The monoisotopic (exact) mass is 229 g/mol. The van der Waals surface area contributed by atoms with Gasteiger partial charge in [0.1, 0.15) is 16.9 Å². The fraction of sp³-hybridized carbons (Fsp3) is 0. The van der Waals surface area contributed by atoms with Gasteiger partial charge in [0.25, 0.3) is 0 Å². The van der Waals surface area contributed by atoms with Crippen LogP contribution in [0.2, 0.25) is 0 Å². The third-order valence-corrected chi connectivity index (χ3v) is 3.08. The highest BCUT2D eigenvalue weighted by Crippen LogP contribution is 2.28. The van der Waals surface area contributed by atoms with Crippen LogP contribution in [-0.2, 0) is 0 Å². The average molecular weight is 229 g/mol. The molecule has 1 N–H and O–H groups in total. The van der Waals surface area contributed by atoms with Crippen LogP contribution in [0.3, 0.4) is 0 Å². The number of aromatic hydroxyl groups is 1. The second-order valence-electron chi connectivity index (χ2n) is 3.29. The standard InChI is InChI=1S/C11H7N3OS/c15-8-3-7(4-12-5-8)10-9-1-2-16-11(9)14-6-13-10/h1-6,15H. The molecule has 3 aromatic rings. The summed E-state index contributed by atoms with van der Waals surface area (Å²) in [5, 5.41) is 12.4. The van der Waals surface area contributed by atoms with Crippen molar-refractivity contribution in [3.05, 3.63) is 36.2 Å². The maximum atomic E-state index is 9.39. The molecule has 3 heterocycles. The fourth-order valence-electron chi connectivity index (χ4n) is 1.58. The van der Waals surface area contributed by atoms with Crippen molar-refractivity contribution in [1.82, 2.24) is 15.0 Å². The van der Waals surface area contributed by atoms with E-state index in [0.717, 1.165) is 21.5 Å². The first-order chi connectivity index (χ1) is 7.84. The molecular weight excluding hydrogens is 222 g/mol. The summed E-state index contributed by atoms with van der Waals surface area (Å²) in [4.78, 5) is 13.3. The zero-order chi connectivity index (χ0) is 11.0. The Labute approximate surface area is 95.3 Å². The van der Waals surface area contributed by atoms with Crippen LogP contribution < -0.4 is 0 Å². The summed E-state index contributed by atoms with van der Waals surface area (Å²) >= 11 is 1.57. The van der Waals surface area contributed by atoms with Crippen molar-refractivity contribution >= 4 is 21.6 Å². The molecule has 0 fully saturated rings. The van der Waals surface area contributed by atoms with Crippen LogP contribution in [0.5, 0.6) is 5.75 Å². The minimum absolute atomic E-state index is 0.138. The highest BCUT2D eigenvalue weighted by molar-refractivity contribution is 7.16. The Balaban J connectivity index is 2.29. The normalized spacial score (nSPS) is 10.8. The lowest BCUT2D eigenvalue weighted by Crippen LogP contribution is -1.86. The van der Waals surface area contributed by atoms with E-state index in [1.165, 1.54) is 12.5 Å². The predicted octanol–water partition coefficient (Wildman–Crippen LogP) is 2.46. The van der Waals surface area contributed by atoms with Gasteiger partial charge >= 0.3 is 0 Å². The van der Waals surface area contributed by atoms with Crippen molar-refractivity contribution in [1.29, 1.82) is 0 Å². The van der Waals surface area contributed by atoms with Crippen molar-refractivity contribution in [2.45, 2.75) is 0 Å². The second-order valence-corrected chi connectivity index (χ2v) is 4.19. The molecule has 0 bridgehead atoms. The molecule has 0 radical (unpaired) electrons. The minimum Gasteiger partial charge on any atom is -0.506 e. The molecule has 0 aromatic carbocycles. The smallest absolute Gasteiger partial charge is 0.134 e. The summed E-state index contributed by atoms with van der Waals surface area (Å²) in [6.07, 6.45) is 4.60. The Hall–Kier alpha value is -2.01. The number of nitrogens with zero attached hydrogens (tertiary/aromatic N) is 3. The molecule has 0 amide bonds. The highest BCUT2D eigenvalue weighted by Gasteiger charge is 2.07. The van der Waals surface area contributed by atoms with E-state index >= 15 is 0 Å². The Morgan fingerprint density at radius 3 is 3.00 bits per heavy atom. The molecule has 3 rings (SSSR count). The minimum atomic E-state index is 0.138. The molecule has 0 aliphatic heterocycles. The second kappa shape index (κ2) is 3.53. The summed E-state index contributed by atoms with van der Waals surface area (Å²) in [5.41, 5.74) is 1.60. The molecule has 0 unspecified atom stereocenters. The lowest BCUT2D eigenvalue weighted by atomic mass is 10.1. The Morgan fingerprint density at radius 2 is 2.12 bits per heavy atom. The molecule has 5 heteroatoms. The molecule has 3 aromatic heterocycles. The van der Waals surface area contributed by atoms with Gasteiger partial charge in [-0.15, -0.1) is 11.3 Å². The quantitative estimate of drug-likeness (QED) is 0.696. The SMILES string of the molecule is Oc1cncc(-c2ncnc3sccc23)c1. The number of rotatable bonds is 1. The van der Waals surface area contributed by atoms with Gasteiger partial charge in [-0.25, -0.2) is 9.97 Å². The van der Waals surface area contributed by atoms with E-state index in [4.69, 9.17) is 0 Å². The summed E-state index contributed by atoms with van der Waals surface area (Å²) in [7, 11) is 0. The predicted molar refractivity (Wildman–Crippen MR) is 62.3 cm³/mol. The zero-order valence-corrected chi connectivity index (χ0v) is 8.98. The van der Waals surface area contributed by atoms with Crippen LogP contribution >= 0.6 is 11.3 Å². The molecular formula is C11H7N3OS. The van der Waals surface area contributed by atoms with Gasteiger partial charge < -0.3 is 5.11 Å². The lowest BCUT2D eigenvalue weighted by molar-refractivity contribution is 0.473. The number of thiophene rings is 1. The van der Waals surface area contributed by atoms with Crippen molar-refractivity contribution < 1.29 is 5.11 Å². The van der Waals surface area contributed by atoms with Gasteiger partial charge in [-0.2, -0.15) is 0 Å². The molecule has 0 spiro atoms. The van der Waals surface area contributed by atoms with Gasteiger partial charge in [0.2, 0.25) is 0 Å². The molecule has 0 aliphatic carbocycles. The van der Waals surface area contributed by atoms with Crippen LogP contribution in [0, 0.1) is 0 Å². The maximum Gasteiger partial charge on any atom is 0.134 e. The molecule has 0 saturated carbocycles. The first kappa shape index (κ1) is 9.23. The van der Waals surface area contributed by atoms with E-state index in [0.29, 0.717) is 0 Å². The van der Waals surface area contributed by atoms with E-state index in [2.05, 4.69) is 15.0 Å². The number of pyridine rings is 1. The number of hydrogen-bond acceptors (Lipinski definition) is 5. The first-order valence-electron chi connectivity index (χ1n) is 4.67. The number of hydrogen-bond donors (Lipinski definition) is 1. The van der Waals surface area contributed by atoms with E-state index in [1.807, 2.05) is 11.4 Å². The molecule has 4 nitrogen and oxygen atoms in total. The van der Waals surface area contributed by atoms with Gasteiger partial charge in [-0.1, -0.05) is 0 Å². The Morgan fingerprint density at radius 1 is 1.19 bits per heavy atom. The van der Waals surface area contributed by atoms with Crippen molar-refractivity contribution in [2.75, 3.05) is 0 Å². The van der Waals surface area contributed by atoms with Crippen LogP contribution in [0.1, 0.15) is 0 Å². The van der Waals surface area contributed by atoms with E-state index in [-0.39, 0.29) is 5.75 Å². The van der Waals surface area contributed by atoms with Crippen LogP contribution in [0.25, 0.3) is 21.5 Å². The highest BCUT2D eigenvalue weighted by atomic mass is 32.1. The van der Waals surface area contributed by atoms with Gasteiger partial charge in [-0.3, -0.25) is 4.98 Å². The van der Waals surface area contributed by atoms with Crippen LogP contribution in [0.15, 0.2) is 36.2 Å². The number of fused-ring (bicyclic) bond motifs is 1. The maximum absolute atomic E-state index is 9.39. The molecule has 0 aliphatic rings. The van der Waals surface area contributed by atoms with E-state index in [9.17, 15) is 5.11 Å². The van der Waals surface area contributed by atoms with E-state index < -0.39 is 0 Å². The lowest BCUT2D eigenvalue weighted by Gasteiger charge is -2.01. The summed E-state index contributed by atoms with van der Waals surface area (Å²) < 4.78 is 0. The third kappa shape index (κ3) is 1.42. The van der Waals surface area contributed by atoms with Crippen molar-refractivity contribution in [3.8, 4) is 17.0 Å². The molecule has 78 valence electrons. The van der Waals surface area contributed by atoms with E-state index in [1.54, 1.807) is 23.6 Å². The summed E-state index contributed by atoms with van der Waals surface area (Å²) in [5.74, 6) is 0.138. The third-order valence-electron chi connectivity index (χ3n) is 2.26. The van der Waals surface area contributed by atoms with Gasteiger partial charge in [-0.05, 0) is 17.5 Å². The first-order valence-corrected chi connectivity index (χ1v) is 5.55. The van der Waals surface area contributed by atoms with Gasteiger partial charge in [0, 0.05) is 17.1 Å². The Bertz CT molecular complexity index is 650. The topological polar surface area (TPSA) is 58.9 Å². The fourth-order valence-corrected chi connectivity index (χ4v) is 2.31. The van der Waals surface area contributed by atoms with Crippen molar-refractivity contribution in [3.63, 3.8) is 0 Å². The molecule has 0 saturated heterocycles. The van der Waals surface area contributed by atoms with Crippen LogP contribution in [-0.4, -0.2) is 20.1 Å². The zero-order valence-electron chi connectivity index (χ0n) is 8.16. The summed E-state index contributed by atoms with van der Waals surface area (Å²) in [6, 6.07) is 3.62. The Kier molecular flexibility index (Phi) is 2.04. The average Bonchev–Trinajstić information content (AvgIpc) is 2.76. The van der Waals surface area contributed by atoms with Crippen molar-refractivity contribution in [2.24, 2.45) is 0 Å². The van der Waals surface area contributed by atoms with Gasteiger partial charge in [0.15, 0.2) is 0 Å². The number of aromatic nitrogens is 3. The molecule has 0 atom stereocenters. The molecule has 16 heavy (non-hydrogen) atoms. The summed E-state index contributed by atoms with van der Waals surface area (Å²) in [6.45, 7) is 0.